The summed E-state index contributed by atoms with van der Waals surface area (Å²) >= 11 is 0. The van der Waals surface area contributed by atoms with Gasteiger partial charge in [0.25, 0.3) is 0 Å². The minimum atomic E-state index is 0.329. The van der Waals surface area contributed by atoms with Gasteiger partial charge in [0.15, 0.2) is 0 Å². The Morgan fingerprint density at radius 1 is 1.08 bits per heavy atom. The van der Waals surface area contributed by atoms with Crippen LogP contribution in [0.3, 0.4) is 0 Å². The number of rotatable bonds is 3. The maximum Gasteiger partial charge on any atom is 0.230 e. The molecule has 0 aromatic carbocycles. The van der Waals surface area contributed by atoms with Crippen molar-refractivity contribution in [2.24, 2.45) is 0 Å². The summed E-state index contributed by atoms with van der Waals surface area (Å²) in [6.45, 7) is 1.65. The van der Waals surface area contributed by atoms with Gasteiger partial charge in [-0.15, -0.1) is 0 Å². The van der Waals surface area contributed by atoms with Crippen molar-refractivity contribution >= 4 is 17.5 Å². The molecule has 0 bridgehead atoms. The minimum absolute atomic E-state index is 0.329. The molecular formula is C18H22N6. The van der Waals surface area contributed by atoms with Crippen LogP contribution in [0.1, 0.15) is 49.5 Å². The van der Waals surface area contributed by atoms with E-state index < -0.39 is 0 Å². The van der Waals surface area contributed by atoms with Crippen LogP contribution in [0.4, 0.5) is 11.9 Å². The number of nitrogens with two attached hydrogens (primary N) is 1. The van der Waals surface area contributed by atoms with Crippen LogP contribution in [0.5, 0.6) is 0 Å². The van der Waals surface area contributed by atoms with Gasteiger partial charge in [-0.2, -0.15) is 15.0 Å². The Labute approximate surface area is 141 Å². The second kappa shape index (κ2) is 6.55. The van der Waals surface area contributed by atoms with Crippen LogP contribution in [0, 0.1) is 0 Å². The second-order valence-corrected chi connectivity index (χ2v) is 6.49. The average molecular weight is 322 g/mol. The number of anilines is 2. The van der Waals surface area contributed by atoms with Crippen molar-refractivity contribution in [3.05, 3.63) is 42.0 Å². The first-order valence-electron chi connectivity index (χ1n) is 8.66. The quantitative estimate of drug-likeness (QED) is 0.936. The van der Waals surface area contributed by atoms with Gasteiger partial charge in [-0.25, -0.2) is 0 Å². The van der Waals surface area contributed by atoms with E-state index in [-0.39, 0.29) is 0 Å². The topological polar surface area (TPSA) is 80.8 Å². The predicted octanol–water partition coefficient (Wildman–Crippen LogP) is 2.80. The van der Waals surface area contributed by atoms with E-state index in [1.54, 1.807) is 0 Å². The summed E-state index contributed by atoms with van der Waals surface area (Å²) in [6.07, 6.45) is 9.85. The summed E-state index contributed by atoms with van der Waals surface area (Å²) in [5.41, 5.74) is 8.19. The van der Waals surface area contributed by atoms with Crippen LogP contribution in [-0.2, 0) is 0 Å². The van der Waals surface area contributed by atoms with Crippen LogP contribution in [-0.4, -0.2) is 33.0 Å². The van der Waals surface area contributed by atoms with E-state index in [9.17, 15) is 0 Å². The third kappa shape index (κ3) is 3.09. The van der Waals surface area contributed by atoms with Crippen LogP contribution in [0.15, 0.2) is 30.5 Å². The Morgan fingerprint density at radius 2 is 1.96 bits per heavy atom. The molecule has 6 heteroatoms. The van der Waals surface area contributed by atoms with Crippen molar-refractivity contribution in [3.63, 3.8) is 0 Å². The molecule has 0 radical (unpaired) electrons. The van der Waals surface area contributed by atoms with Gasteiger partial charge in [0, 0.05) is 25.2 Å². The lowest BCUT2D eigenvalue weighted by Crippen LogP contribution is -2.32. The SMILES string of the molecule is Nc1nc(C2CCCC2)nc(N2CCC=C(c3ccccn3)C2)n1. The van der Waals surface area contributed by atoms with Gasteiger partial charge in [0.2, 0.25) is 11.9 Å². The highest BCUT2D eigenvalue weighted by Gasteiger charge is 2.23. The lowest BCUT2D eigenvalue weighted by atomic mass is 10.1. The van der Waals surface area contributed by atoms with Gasteiger partial charge < -0.3 is 10.6 Å². The van der Waals surface area contributed by atoms with Crippen molar-refractivity contribution in [2.75, 3.05) is 23.7 Å². The molecule has 2 aromatic heterocycles. The van der Waals surface area contributed by atoms with Crippen LogP contribution in [0.25, 0.3) is 5.57 Å². The number of pyridine rings is 1. The fourth-order valence-electron chi connectivity index (χ4n) is 3.56. The third-order valence-electron chi connectivity index (χ3n) is 4.81. The first-order valence-corrected chi connectivity index (χ1v) is 8.66. The van der Waals surface area contributed by atoms with Gasteiger partial charge >= 0.3 is 0 Å². The number of hydrogen-bond acceptors (Lipinski definition) is 6. The molecule has 1 saturated carbocycles. The van der Waals surface area contributed by atoms with E-state index in [1.807, 2.05) is 24.4 Å². The summed E-state index contributed by atoms with van der Waals surface area (Å²) in [5.74, 6) is 2.33. The predicted molar refractivity (Wildman–Crippen MR) is 94.5 cm³/mol. The zero-order valence-corrected chi connectivity index (χ0v) is 13.7. The highest BCUT2D eigenvalue weighted by atomic mass is 15.3. The Hall–Kier alpha value is -2.50. The molecule has 1 fully saturated rings. The number of nitrogen functional groups attached to an aromatic ring is 1. The first-order chi connectivity index (χ1) is 11.8. The van der Waals surface area contributed by atoms with Crippen LogP contribution < -0.4 is 10.6 Å². The Bertz CT molecular complexity index is 736. The zero-order valence-electron chi connectivity index (χ0n) is 13.7. The highest BCUT2D eigenvalue weighted by molar-refractivity contribution is 5.68. The largest absolute Gasteiger partial charge is 0.368 e. The minimum Gasteiger partial charge on any atom is -0.368 e. The number of hydrogen-bond donors (Lipinski definition) is 1. The number of nitrogens with zero attached hydrogens (tertiary/aromatic N) is 5. The summed E-state index contributed by atoms with van der Waals surface area (Å²) < 4.78 is 0. The van der Waals surface area contributed by atoms with E-state index >= 15 is 0 Å². The zero-order chi connectivity index (χ0) is 16.4. The molecule has 4 rings (SSSR count). The molecule has 1 aliphatic carbocycles. The third-order valence-corrected chi connectivity index (χ3v) is 4.81. The summed E-state index contributed by atoms with van der Waals surface area (Å²) in [5, 5.41) is 0. The van der Waals surface area contributed by atoms with Crippen molar-refractivity contribution in [3.8, 4) is 0 Å². The monoisotopic (exact) mass is 322 g/mol. The molecule has 3 heterocycles. The molecule has 124 valence electrons. The normalized spacial score (nSPS) is 18.7. The van der Waals surface area contributed by atoms with Crippen molar-refractivity contribution in [1.82, 2.24) is 19.9 Å². The average Bonchev–Trinajstić information content (AvgIpc) is 3.17. The molecule has 0 amide bonds. The maximum atomic E-state index is 5.96. The lowest BCUT2D eigenvalue weighted by molar-refractivity contribution is 0.656. The Balaban J connectivity index is 1.59. The first kappa shape index (κ1) is 15.1. The molecule has 1 aliphatic heterocycles. The van der Waals surface area contributed by atoms with E-state index in [0.717, 1.165) is 43.9 Å². The molecule has 2 N–H and O–H groups in total. The Kier molecular flexibility index (Phi) is 4.11. The van der Waals surface area contributed by atoms with E-state index in [4.69, 9.17) is 10.7 Å². The number of aromatic nitrogens is 4. The van der Waals surface area contributed by atoms with Gasteiger partial charge in [0.05, 0.1) is 5.69 Å². The summed E-state index contributed by atoms with van der Waals surface area (Å²) in [7, 11) is 0. The second-order valence-electron chi connectivity index (χ2n) is 6.49. The molecule has 6 nitrogen and oxygen atoms in total. The van der Waals surface area contributed by atoms with Gasteiger partial charge in [0.1, 0.15) is 5.82 Å². The van der Waals surface area contributed by atoms with Gasteiger partial charge in [-0.05, 0) is 37.0 Å². The maximum absolute atomic E-state index is 5.96. The summed E-state index contributed by atoms with van der Waals surface area (Å²) in [6, 6.07) is 5.99. The van der Waals surface area contributed by atoms with Crippen LogP contribution >= 0.6 is 0 Å². The fraction of sp³-hybridized carbons (Fsp3) is 0.444. The molecular weight excluding hydrogens is 300 g/mol. The molecule has 0 spiro atoms. The van der Waals surface area contributed by atoms with Gasteiger partial charge in [-0.3, -0.25) is 4.98 Å². The van der Waals surface area contributed by atoms with Crippen molar-refractivity contribution in [2.45, 2.75) is 38.0 Å². The smallest absolute Gasteiger partial charge is 0.230 e. The summed E-state index contributed by atoms with van der Waals surface area (Å²) in [4.78, 5) is 20.2. The molecule has 2 aliphatic rings. The van der Waals surface area contributed by atoms with E-state index in [0.29, 0.717) is 17.8 Å². The Morgan fingerprint density at radius 3 is 2.75 bits per heavy atom. The highest BCUT2D eigenvalue weighted by Crippen LogP contribution is 2.33. The lowest BCUT2D eigenvalue weighted by Gasteiger charge is -2.27. The molecule has 0 saturated heterocycles. The molecule has 0 atom stereocenters. The van der Waals surface area contributed by atoms with Crippen molar-refractivity contribution in [1.29, 1.82) is 0 Å². The standard InChI is InChI=1S/C18H22N6/c19-17-21-16(13-6-1-2-7-13)22-18(23-17)24-11-5-8-14(12-24)15-9-3-4-10-20-15/h3-4,8-10,13H,1-2,5-7,11-12H2,(H2,19,21,22,23). The van der Waals surface area contributed by atoms with E-state index in [2.05, 4.69) is 25.9 Å². The molecule has 2 aromatic rings. The van der Waals surface area contributed by atoms with Crippen LogP contribution in [0.2, 0.25) is 0 Å². The molecule has 0 unspecified atom stereocenters. The van der Waals surface area contributed by atoms with Gasteiger partial charge in [-0.1, -0.05) is 25.0 Å². The molecule has 24 heavy (non-hydrogen) atoms. The van der Waals surface area contributed by atoms with E-state index in [1.165, 1.54) is 18.4 Å². The van der Waals surface area contributed by atoms with Crippen molar-refractivity contribution < 1.29 is 0 Å². The fourth-order valence-corrected chi connectivity index (χ4v) is 3.56.